The molecule has 0 unspecified atom stereocenters. The van der Waals surface area contributed by atoms with Crippen LogP contribution in [0.1, 0.15) is 10.5 Å². The molecule has 1 aromatic heterocycles. The molecule has 2 amide bonds. The second kappa shape index (κ2) is 6.04. The average Bonchev–Trinajstić information content (AvgIpc) is 2.55. The third-order valence-corrected chi connectivity index (χ3v) is 3.53. The van der Waals surface area contributed by atoms with E-state index in [2.05, 4.69) is 20.2 Å². The second-order valence-corrected chi connectivity index (χ2v) is 4.94. The van der Waals surface area contributed by atoms with E-state index in [1.165, 1.54) is 11.2 Å². The minimum Gasteiger partial charge on any atom is -0.378 e. The molecule has 0 aliphatic carbocycles. The number of carbonyl (C=O) groups excluding carboxylic acids is 2. The molecule has 0 radical (unpaired) electrons. The van der Waals surface area contributed by atoms with Crippen LogP contribution >= 0.6 is 0 Å². The van der Waals surface area contributed by atoms with Gasteiger partial charge in [0.15, 0.2) is 0 Å². The predicted octanol–water partition coefficient (Wildman–Crippen LogP) is -1.11. The highest BCUT2D eigenvalue weighted by molar-refractivity contribution is 5.96. The molecule has 8 heteroatoms. The maximum atomic E-state index is 12.4. The lowest BCUT2D eigenvalue weighted by molar-refractivity contribution is -0.123. The first-order valence-corrected chi connectivity index (χ1v) is 6.95. The Morgan fingerprint density at radius 3 is 2.81 bits per heavy atom. The van der Waals surface area contributed by atoms with Gasteiger partial charge < -0.3 is 19.9 Å². The Morgan fingerprint density at radius 1 is 1.24 bits per heavy atom. The first-order chi connectivity index (χ1) is 10.2. The third kappa shape index (κ3) is 3.10. The smallest absolute Gasteiger partial charge is 0.273 e. The highest BCUT2D eigenvalue weighted by Gasteiger charge is 2.24. The van der Waals surface area contributed by atoms with E-state index >= 15 is 0 Å². The third-order valence-electron chi connectivity index (χ3n) is 3.53. The van der Waals surface area contributed by atoms with E-state index in [9.17, 15) is 9.59 Å². The zero-order valence-electron chi connectivity index (χ0n) is 11.6. The standard InChI is InChI=1S/C13H17N5O3/c19-12-8-18(2-1-14-12)13(20)10-7-11(16-9-15-10)17-3-5-21-6-4-17/h7,9H,1-6,8H2,(H,14,19). The number of anilines is 1. The molecule has 2 saturated heterocycles. The summed E-state index contributed by atoms with van der Waals surface area (Å²) in [5.74, 6) is 0.344. The quantitative estimate of drug-likeness (QED) is 0.743. The van der Waals surface area contributed by atoms with Crippen molar-refractivity contribution in [1.29, 1.82) is 0 Å². The van der Waals surface area contributed by atoms with Crippen molar-refractivity contribution < 1.29 is 14.3 Å². The predicted molar refractivity (Wildman–Crippen MR) is 74.0 cm³/mol. The molecular weight excluding hydrogens is 274 g/mol. The van der Waals surface area contributed by atoms with Gasteiger partial charge in [0.25, 0.3) is 5.91 Å². The molecule has 1 N–H and O–H groups in total. The van der Waals surface area contributed by atoms with Crippen molar-refractivity contribution >= 4 is 17.6 Å². The molecule has 3 rings (SSSR count). The molecule has 0 aromatic carbocycles. The van der Waals surface area contributed by atoms with Crippen molar-refractivity contribution in [2.75, 3.05) is 50.8 Å². The number of nitrogens with one attached hydrogen (secondary N) is 1. The normalized spacial score (nSPS) is 19.3. The summed E-state index contributed by atoms with van der Waals surface area (Å²) in [4.78, 5) is 35.6. The van der Waals surface area contributed by atoms with Gasteiger partial charge in [-0.1, -0.05) is 0 Å². The molecule has 2 aliphatic rings. The summed E-state index contributed by atoms with van der Waals surface area (Å²) in [5.41, 5.74) is 0.321. The zero-order chi connectivity index (χ0) is 14.7. The van der Waals surface area contributed by atoms with Crippen LogP contribution in [0.3, 0.4) is 0 Å². The van der Waals surface area contributed by atoms with Crippen LogP contribution in [0.5, 0.6) is 0 Å². The molecule has 8 nitrogen and oxygen atoms in total. The Hall–Kier alpha value is -2.22. The molecule has 0 spiro atoms. The molecule has 112 valence electrons. The summed E-state index contributed by atoms with van der Waals surface area (Å²) in [6.07, 6.45) is 1.39. The van der Waals surface area contributed by atoms with Gasteiger partial charge in [0, 0.05) is 32.2 Å². The molecule has 0 bridgehead atoms. The maximum absolute atomic E-state index is 12.4. The van der Waals surface area contributed by atoms with Gasteiger partial charge in [-0.05, 0) is 0 Å². The average molecular weight is 291 g/mol. The Kier molecular flexibility index (Phi) is 3.96. The van der Waals surface area contributed by atoms with Gasteiger partial charge in [0.2, 0.25) is 5.91 Å². The van der Waals surface area contributed by atoms with E-state index < -0.39 is 0 Å². The summed E-state index contributed by atoms with van der Waals surface area (Å²) >= 11 is 0. The molecule has 21 heavy (non-hydrogen) atoms. The van der Waals surface area contributed by atoms with E-state index in [0.717, 1.165) is 18.9 Å². The largest absolute Gasteiger partial charge is 0.378 e. The van der Waals surface area contributed by atoms with E-state index in [4.69, 9.17) is 4.74 Å². The number of morpholine rings is 1. The van der Waals surface area contributed by atoms with Crippen LogP contribution in [0.15, 0.2) is 12.4 Å². The maximum Gasteiger partial charge on any atom is 0.273 e. The van der Waals surface area contributed by atoms with Crippen molar-refractivity contribution in [3.63, 3.8) is 0 Å². The van der Waals surface area contributed by atoms with Crippen LogP contribution in [0.25, 0.3) is 0 Å². The van der Waals surface area contributed by atoms with Crippen LogP contribution in [-0.2, 0) is 9.53 Å². The Morgan fingerprint density at radius 2 is 2.05 bits per heavy atom. The Labute approximate surface area is 122 Å². The lowest BCUT2D eigenvalue weighted by atomic mass is 10.2. The molecule has 2 fully saturated rings. The first-order valence-electron chi connectivity index (χ1n) is 6.95. The summed E-state index contributed by atoms with van der Waals surface area (Å²) in [5, 5.41) is 2.69. The topological polar surface area (TPSA) is 87.7 Å². The first kappa shape index (κ1) is 13.7. The minimum absolute atomic E-state index is 0.0791. The summed E-state index contributed by atoms with van der Waals surface area (Å²) in [6.45, 7) is 3.86. The molecule has 0 atom stereocenters. The molecule has 3 heterocycles. The van der Waals surface area contributed by atoms with Crippen molar-refractivity contribution in [2.45, 2.75) is 0 Å². The highest BCUT2D eigenvalue weighted by Crippen LogP contribution is 2.14. The van der Waals surface area contributed by atoms with Gasteiger partial charge in [-0.25, -0.2) is 9.97 Å². The van der Waals surface area contributed by atoms with Crippen LogP contribution in [0.4, 0.5) is 5.82 Å². The van der Waals surface area contributed by atoms with Crippen LogP contribution in [0, 0.1) is 0 Å². The number of hydrogen-bond acceptors (Lipinski definition) is 6. The fraction of sp³-hybridized carbons (Fsp3) is 0.538. The number of ether oxygens (including phenoxy) is 1. The van der Waals surface area contributed by atoms with Gasteiger partial charge in [-0.15, -0.1) is 0 Å². The summed E-state index contributed by atoms with van der Waals surface area (Å²) < 4.78 is 5.30. The lowest BCUT2D eigenvalue weighted by Gasteiger charge is -2.29. The van der Waals surface area contributed by atoms with E-state index in [-0.39, 0.29) is 18.4 Å². The van der Waals surface area contributed by atoms with Gasteiger partial charge >= 0.3 is 0 Å². The highest BCUT2D eigenvalue weighted by atomic mass is 16.5. The minimum atomic E-state index is -0.234. The van der Waals surface area contributed by atoms with Gasteiger partial charge in [0.05, 0.1) is 19.8 Å². The second-order valence-electron chi connectivity index (χ2n) is 4.94. The van der Waals surface area contributed by atoms with Gasteiger partial charge in [-0.2, -0.15) is 0 Å². The number of aromatic nitrogens is 2. The Bertz CT molecular complexity index is 544. The lowest BCUT2D eigenvalue weighted by Crippen LogP contribution is -2.50. The van der Waals surface area contributed by atoms with Gasteiger partial charge in [-0.3, -0.25) is 9.59 Å². The van der Waals surface area contributed by atoms with E-state index in [0.29, 0.717) is 32.0 Å². The molecule has 0 saturated carbocycles. The number of piperazine rings is 1. The summed E-state index contributed by atoms with van der Waals surface area (Å²) in [6, 6.07) is 1.68. The number of nitrogens with zero attached hydrogens (tertiary/aromatic N) is 4. The zero-order valence-corrected chi connectivity index (χ0v) is 11.6. The molecular formula is C13H17N5O3. The van der Waals surface area contributed by atoms with E-state index in [1.807, 2.05) is 0 Å². The Balaban J connectivity index is 1.75. The molecule has 1 aromatic rings. The van der Waals surface area contributed by atoms with Crippen LogP contribution < -0.4 is 10.2 Å². The monoisotopic (exact) mass is 291 g/mol. The molecule has 2 aliphatic heterocycles. The number of hydrogen-bond donors (Lipinski definition) is 1. The number of rotatable bonds is 2. The fourth-order valence-corrected chi connectivity index (χ4v) is 2.40. The van der Waals surface area contributed by atoms with Gasteiger partial charge in [0.1, 0.15) is 17.8 Å². The van der Waals surface area contributed by atoms with Crippen molar-refractivity contribution in [3.05, 3.63) is 18.1 Å². The SMILES string of the molecule is O=C1CN(C(=O)c2cc(N3CCOCC3)ncn2)CCN1. The summed E-state index contributed by atoms with van der Waals surface area (Å²) in [7, 11) is 0. The van der Waals surface area contributed by atoms with Crippen molar-refractivity contribution in [1.82, 2.24) is 20.2 Å². The van der Waals surface area contributed by atoms with Crippen LogP contribution in [-0.4, -0.2) is 72.6 Å². The number of amides is 2. The van der Waals surface area contributed by atoms with E-state index in [1.54, 1.807) is 6.07 Å². The van der Waals surface area contributed by atoms with Crippen molar-refractivity contribution in [2.24, 2.45) is 0 Å². The van der Waals surface area contributed by atoms with Crippen molar-refractivity contribution in [3.8, 4) is 0 Å². The fourth-order valence-electron chi connectivity index (χ4n) is 2.40. The number of carbonyl (C=O) groups is 2. The van der Waals surface area contributed by atoms with Crippen LogP contribution in [0.2, 0.25) is 0 Å².